The normalized spacial score (nSPS) is 11.3. The van der Waals surface area contributed by atoms with E-state index in [9.17, 15) is 0 Å². The van der Waals surface area contributed by atoms with Crippen molar-refractivity contribution in [2.75, 3.05) is 20.6 Å². The summed E-state index contributed by atoms with van der Waals surface area (Å²) in [5, 5.41) is 4.54. The Kier molecular flexibility index (Phi) is 3.69. The van der Waals surface area contributed by atoms with Gasteiger partial charge < -0.3 is 4.90 Å². The Bertz CT molecular complexity index is 300. The summed E-state index contributed by atoms with van der Waals surface area (Å²) in [5.41, 5.74) is 3.92. The highest BCUT2D eigenvalue weighted by atomic mass is 15.3. The highest BCUT2D eigenvalue weighted by Gasteiger charge is 2.08. The molecule has 3 nitrogen and oxygen atoms in total. The third-order valence-corrected chi connectivity index (χ3v) is 2.64. The number of aryl methyl sites for hydroxylation is 1. The molecule has 0 fully saturated rings. The van der Waals surface area contributed by atoms with Crippen molar-refractivity contribution in [1.82, 2.24) is 14.7 Å². The first-order valence-electron chi connectivity index (χ1n) is 5.23. The Morgan fingerprint density at radius 2 is 1.93 bits per heavy atom. The molecule has 0 aromatic carbocycles. The summed E-state index contributed by atoms with van der Waals surface area (Å²) < 4.78 is 2.12. The van der Waals surface area contributed by atoms with Gasteiger partial charge in [-0.05, 0) is 39.9 Å². The molecule has 0 aliphatic rings. The van der Waals surface area contributed by atoms with Crippen LogP contribution in [0.2, 0.25) is 0 Å². The van der Waals surface area contributed by atoms with Crippen LogP contribution < -0.4 is 0 Å². The van der Waals surface area contributed by atoms with Crippen LogP contribution in [0.3, 0.4) is 0 Å². The molecule has 0 unspecified atom stereocenters. The lowest BCUT2D eigenvalue weighted by Crippen LogP contribution is -2.19. The highest BCUT2D eigenvalue weighted by molar-refractivity contribution is 5.24. The molecule has 0 aliphatic carbocycles. The van der Waals surface area contributed by atoms with E-state index in [1.807, 2.05) is 0 Å². The molecule has 1 aromatic rings. The summed E-state index contributed by atoms with van der Waals surface area (Å²) in [6.45, 7) is 8.48. The topological polar surface area (TPSA) is 21.1 Å². The Balaban J connectivity index is 2.78. The number of hydrogen-bond donors (Lipinski definition) is 0. The van der Waals surface area contributed by atoms with Gasteiger partial charge in [-0.2, -0.15) is 5.10 Å². The van der Waals surface area contributed by atoms with Gasteiger partial charge in [-0.1, -0.05) is 6.92 Å². The van der Waals surface area contributed by atoms with Crippen molar-refractivity contribution in [2.24, 2.45) is 0 Å². The Hall–Kier alpha value is -0.830. The van der Waals surface area contributed by atoms with Gasteiger partial charge in [0.25, 0.3) is 0 Å². The minimum Gasteiger partial charge on any atom is -0.308 e. The van der Waals surface area contributed by atoms with E-state index < -0.39 is 0 Å². The second-order valence-electron chi connectivity index (χ2n) is 4.03. The van der Waals surface area contributed by atoms with Crippen LogP contribution in [0, 0.1) is 13.8 Å². The summed E-state index contributed by atoms with van der Waals surface area (Å²) in [7, 11) is 4.18. The fraction of sp³-hybridized carbons (Fsp3) is 0.727. The molecule has 0 radical (unpaired) electrons. The fourth-order valence-corrected chi connectivity index (χ4v) is 1.76. The molecule has 0 aliphatic heterocycles. The van der Waals surface area contributed by atoms with Gasteiger partial charge in [0, 0.05) is 12.2 Å². The molecule has 0 saturated carbocycles. The van der Waals surface area contributed by atoms with E-state index in [4.69, 9.17) is 0 Å². The van der Waals surface area contributed by atoms with E-state index >= 15 is 0 Å². The van der Waals surface area contributed by atoms with Gasteiger partial charge in [-0.3, -0.25) is 4.68 Å². The average molecular weight is 195 g/mol. The molecule has 0 atom stereocenters. The van der Waals surface area contributed by atoms with Crippen LogP contribution >= 0.6 is 0 Å². The minimum atomic E-state index is 0.986. The zero-order valence-corrected chi connectivity index (χ0v) is 9.96. The van der Waals surface area contributed by atoms with E-state index in [-0.39, 0.29) is 0 Å². The van der Waals surface area contributed by atoms with Crippen LogP contribution in [0.5, 0.6) is 0 Å². The van der Waals surface area contributed by atoms with E-state index in [1.165, 1.54) is 17.0 Å². The predicted octanol–water partition coefficient (Wildman–Crippen LogP) is 1.62. The van der Waals surface area contributed by atoms with Gasteiger partial charge in [0.05, 0.1) is 12.2 Å². The van der Waals surface area contributed by atoms with Gasteiger partial charge in [0.15, 0.2) is 0 Å². The number of nitrogens with zero attached hydrogens (tertiary/aromatic N) is 3. The van der Waals surface area contributed by atoms with Gasteiger partial charge in [-0.25, -0.2) is 0 Å². The van der Waals surface area contributed by atoms with E-state index in [2.05, 4.69) is 49.5 Å². The SMILES string of the molecule is CCc1c(C)nn(CCN(C)C)c1C. The molecule has 14 heavy (non-hydrogen) atoms. The molecule has 0 saturated heterocycles. The second-order valence-corrected chi connectivity index (χ2v) is 4.03. The van der Waals surface area contributed by atoms with Crippen LogP contribution in [0.15, 0.2) is 0 Å². The zero-order chi connectivity index (χ0) is 10.7. The molecule has 3 heteroatoms. The van der Waals surface area contributed by atoms with Crippen molar-refractivity contribution in [3.05, 3.63) is 17.0 Å². The van der Waals surface area contributed by atoms with Crippen molar-refractivity contribution in [3.63, 3.8) is 0 Å². The summed E-state index contributed by atoms with van der Waals surface area (Å²) in [5.74, 6) is 0. The summed E-state index contributed by atoms with van der Waals surface area (Å²) >= 11 is 0. The third-order valence-electron chi connectivity index (χ3n) is 2.64. The Morgan fingerprint density at radius 1 is 1.29 bits per heavy atom. The molecule has 1 heterocycles. The van der Waals surface area contributed by atoms with E-state index in [0.717, 1.165) is 19.5 Å². The van der Waals surface area contributed by atoms with Gasteiger partial charge in [0.2, 0.25) is 0 Å². The van der Waals surface area contributed by atoms with Crippen molar-refractivity contribution >= 4 is 0 Å². The average Bonchev–Trinajstić information content (AvgIpc) is 2.38. The van der Waals surface area contributed by atoms with Gasteiger partial charge in [0.1, 0.15) is 0 Å². The molecule has 0 spiro atoms. The summed E-state index contributed by atoms with van der Waals surface area (Å²) in [6, 6.07) is 0. The first kappa shape index (κ1) is 11.2. The molecular weight excluding hydrogens is 174 g/mol. The lowest BCUT2D eigenvalue weighted by atomic mass is 10.1. The highest BCUT2D eigenvalue weighted by Crippen LogP contribution is 2.13. The molecule has 1 rings (SSSR count). The monoisotopic (exact) mass is 195 g/mol. The zero-order valence-electron chi connectivity index (χ0n) is 9.96. The third kappa shape index (κ3) is 2.35. The quantitative estimate of drug-likeness (QED) is 0.728. The smallest absolute Gasteiger partial charge is 0.0628 e. The Labute approximate surface area is 86.7 Å². The van der Waals surface area contributed by atoms with Crippen molar-refractivity contribution in [3.8, 4) is 0 Å². The maximum Gasteiger partial charge on any atom is 0.0628 e. The fourth-order valence-electron chi connectivity index (χ4n) is 1.76. The first-order valence-corrected chi connectivity index (χ1v) is 5.23. The molecule has 80 valence electrons. The molecule has 0 bridgehead atoms. The van der Waals surface area contributed by atoms with Gasteiger partial charge >= 0.3 is 0 Å². The van der Waals surface area contributed by atoms with Crippen molar-refractivity contribution in [2.45, 2.75) is 33.7 Å². The summed E-state index contributed by atoms with van der Waals surface area (Å²) in [6.07, 6.45) is 1.08. The van der Waals surface area contributed by atoms with Crippen LogP contribution in [-0.2, 0) is 13.0 Å². The van der Waals surface area contributed by atoms with Gasteiger partial charge in [-0.15, -0.1) is 0 Å². The first-order chi connectivity index (χ1) is 6.56. The lowest BCUT2D eigenvalue weighted by molar-refractivity contribution is 0.370. The number of likely N-dealkylation sites (N-methyl/N-ethyl adjacent to an activating group) is 1. The van der Waals surface area contributed by atoms with Crippen molar-refractivity contribution in [1.29, 1.82) is 0 Å². The maximum absolute atomic E-state index is 4.54. The summed E-state index contributed by atoms with van der Waals surface area (Å²) in [4.78, 5) is 2.18. The molecule has 0 N–H and O–H groups in total. The number of rotatable bonds is 4. The van der Waals surface area contributed by atoms with Crippen LogP contribution in [0.1, 0.15) is 23.9 Å². The Morgan fingerprint density at radius 3 is 2.36 bits per heavy atom. The van der Waals surface area contributed by atoms with Crippen LogP contribution in [0.25, 0.3) is 0 Å². The molecule has 0 amide bonds. The molecular formula is C11H21N3. The second kappa shape index (κ2) is 4.60. The van der Waals surface area contributed by atoms with Crippen molar-refractivity contribution < 1.29 is 0 Å². The molecule has 1 aromatic heterocycles. The largest absolute Gasteiger partial charge is 0.308 e. The van der Waals surface area contributed by atoms with Crippen LogP contribution in [0.4, 0.5) is 0 Å². The van der Waals surface area contributed by atoms with E-state index in [1.54, 1.807) is 0 Å². The maximum atomic E-state index is 4.54. The van der Waals surface area contributed by atoms with E-state index in [0.29, 0.717) is 0 Å². The number of hydrogen-bond acceptors (Lipinski definition) is 2. The lowest BCUT2D eigenvalue weighted by Gasteiger charge is -2.10. The standard InChI is InChI=1S/C11H21N3/c1-6-11-9(2)12-14(10(11)3)8-7-13(4)5/h6-8H2,1-5H3. The minimum absolute atomic E-state index is 0.986. The number of aromatic nitrogens is 2. The van der Waals surface area contributed by atoms with Crippen LogP contribution in [-0.4, -0.2) is 35.3 Å². The predicted molar refractivity (Wildman–Crippen MR) is 59.6 cm³/mol.